The molecule has 0 radical (unpaired) electrons. The standard InChI is InChI=1S/C19H21ClN6/c1-12-18(10-22-25-12)24-19-8-17(15(20)9-21-19)23-16-5-3-4-13-6-7-26(2)11-14(13)16/h3-5,8-10H,6-7,11H2,1-2H3,(H,22,25)(H2,21,23,24). The Labute approximate surface area is 157 Å². The molecule has 1 aliphatic rings. The third kappa shape index (κ3) is 3.38. The zero-order chi connectivity index (χ0) is 18.1. The first-order valence-electron chi connectivity index (χ1n) is 8.59. The summed E-state index contributed by atoms with van der Waals surface area (Å²) in [6.45, 7) is 3.97. The minimum atomic E-state index is 0.584. The van der Waals surface area contributed by atoms with Crippen LogP contribution in [0, 0.1) is 6.92 Å². The molecule has 3 N–H and O–H groups in total. The van der Waals surface area contributed by atoms with Crippen LogP contribution < -0.4 is 10.6 Å². The highest BCUT2D eigenvalue weighted by molar-refractivity contribution is 6.33. The van der Waals surface area contributed by atoms with Gasteiger partial charge in [0.05, 0.1) is 34.5 Å². The Morgan fingerprint density at radius 2 is 2.04 bits per heavy atom. The van der Waals surface area contributed by atoms with Crippen molar-refractivity contribution in [3.05, 3.63) is 58.5 Å². The van der Waals surface area contributed by atoms with Gasteiger partial charge in [-0.15, -0.1) is 0 Å². The molecule has 0 unspecified atom stereocenters. The number of aryl methyl sites for hydroxylation is 1. The van der Waals surface area contributed by atoms with E-state index in [0.29, 0.717) is 10.8 Å². The van der Waals surface area contributed by atoms with Crippen molar-refractivity contribution in [3.63, 3.8) is 0 Å². The largest absolute Gasteiger partial charge is 0.354 e. The molecular weight excluding hydrogens is 348 g/mol. The molecule has 0 aliphatic carbocycles. The van der Waals surface area contributed by atoms with E-state index < -0.39 is 0 Å². The highest BCUT2D eigenvalue weighted by atomic mass is 35.5. The van der Waals surface area contributed by atoms with Crippen LogP contribution in [0.25, 0.3) is 0 Å². The van der Waals surface area contributed by atoms with Gasteiger partial charge in [0, 0.05) is 24.8 Å². The molecule has 0 atom stereocenters. The third-order valence-corrected chi connectivity index (χ3v) is 4.98. The van der Waals surface area contributed by atoms with Crippen LogP contribution in [0.2, 0.25) is 5.02 Å². The number of rotatable bonds is 4. The van der Waals surface area contributed by atoms with E-state index in [2.05, 4.69) is 56.0 Å². The second-order valence-electron chi connectivity index (χ2n) is 6.64. The number of aromatic amines is 1. The molecule has 0 bridgehead atoms. The lowest BCUT2D eigenvalue weighted by atomic mass is 9.98. The van der Waals surface area contributed by atoms with Gasteiger partial charge in [0.25, 0.3) is 0 Å². The summed E-state index contributed by atoms with van der Waals surface area (Å²) in [7, 11) is 2.15. The maximum Gasteiger partial charge on any atom is 0.132 e. The summed E-state index contributed by atoms with van der Waals surface area (Å²) in [5.74, 6) is 0.711. The van der Waals surface area contributed by atoms with Crippen molar-refractivity contribution in [2.75, 3.05) is 24.2 Å². The van der Waals surface area contributed by atoms with Gasteiger partial charge in [0.15, 0.2) is 0 Å². The van der Waals surface area contributed by atoms with Gasteiger partial charge in [-0.25, -0.2) is 4.98 Å². The Hall–Kier alpha value is -2.57. The van der Waals surface area contributed by atoms with Crippen LogP contribution in [0.3, 0.4) is 0 Å². The van der Waals surface area contributed by atoms with Gasteiger partial charge >= 0.3 is 0 Å². The summed E-state index contributed by atoms with van der Waals surface area (Å²) in [5, 5.41) is 14.3. The summed E-state index contributed by atoms with van der Waals surface area (Å²) >= 11 is 6.39. The van der Waals surface area contributed by atoms with Gasteiger partial charge in [-0.2, -0.15) is 5.10 Å². The second-order valence-corrected chi connectivity index (χ2v) is 7.05. The third-order valence-electron chi connectivity index (χ3n) is 4.68. The number of nitrogens with zero attached hydrogens (tertiary/aromatic N) is 3. The lowest BCUT2D eigenvalue weighted by Gasteiger charge is -2.27. The minimum Gasteiger partial charge on any atom is -0.354 e. The quantitative estimate of drug-likeness (QED) is 0.642. The van der Waals surface area contributed by atoms with Crippen LogP contribution in [-0.4, -0.2) is 33.7 Å². The number of halogens is 1. The Morgan fingerprint density at radius 3 is 2.85 bits per heavy atom. The Morgan fingerprint density at radius 1 is 1.15 bits per heavy atom. The summed E-state index contributed by atoms with van der Waals surface area (Å²) in [5.41, 5.74) is 6.49. The van der Waals surface area contributed by atoms with Crippen molar-refractivity contribution in [2.24, 2.45) is 0 Å². The monoisotopic (exact) mass is 368 g/mol. The molecule has 0 saturated heterocycles. The van der Waals surface area contributed by atoms with E-state index in [0.717, 1.165) is 42.3 Å². The van der Waals surface area contributed by atoms with Gasteiger partial charge in [-0.05, 0) is 37.6 Å². The molecule has 0 spiro atoms. The van der Waals surface area contributed by atoms with Gasteiger partial charge in [0.1, 0.15) is 5.82 Å². The first kappa shape index (κ1) is 16.9. The molecule has 6 nitrogen and oxygen atoms in total. The first-order valence-corrected chi connectivity index (χ1v) is 8.97. The number of likely N-dealkylation sites (N-methyl/N-ethyl adjacent to an activating group) is 1. The van der Waals surface area contributed by atoms with Crippen molar-refractivity contribution >= 4 is 34.5 Å². The summed E-state index contributed by atoms with van der Waals surface area (Å²) in [6, 6.07) is 8.31. The maximum absolute atomic E-state index is 6.39. The number of H-pyrrole nitrogens is 1. The Kier molecular flexibility index (Phi) is 4.53. The van der Waals surface area contributed by atoms with Crippen LogP contribution >= 0.6 is 11.6 Å². The highest BCUT2D eigenvalue weighted by Gasteiger charge is 2.17. The zero-order valence-electron chi connectivity index (χ0n) is 14.8. The van der Waals surface area contributed by atoms with Crippen molar-refractivity contribution in [3.8, 4) is 0 Å². The number of hydrogen-bond acceptors (Lipinski definition) is 5. The van der Waals surface area contributed by atoms with Crippen LogP contribution in [0.4, 0.5) is 22.9 Å². The summed E-state index contributed by atoms with van der Waals surface area (Å²) in [6.07, 6.45) is 4.46. The first-order chi connectivity index (χ1) is 12.6. The summed E-state index contributed by atoms with van der Waals surface area (Å²) in [4.78, 5) is 6.69. The fraction of sp³-hybridized carbons (Fsp3) is 0.263. The highest BCUT2D eigenvalue weighted by Crippen LogP contribution is 2.32. The van der Waals surface area contributed by atoms with E-state index in [1.165, 1.54) is 11.1 Å². The number of aromatic nitrogens is 3. The fourth-order valence-corrected chi connectivity index (χ4v) is 3.35. The molecule has 0 fully saturated rings. The molecule has 3 aromatic rings. The fourth-order valence-electron chi connectivity index (χ4n) is 3.20. The van der Waals surface area contributed by atoms with E-state index in [1.807, 2.05) is 13.0 Å². The van der Waals surface area contributed by atoms with Crippen LogP contribution in [0.5, 0.6) is 0 Å². The molecule has 1 aliphatic heterocycles. The number of hydrogen-bond donors (Lipinski definition) is 3. The van der Waals surface area contributed by atoms with E-state index in [9.17, 15) is 0 Å². The second kappa shape index (κ2) is 6.97. The number of pyridine rings is 1. The van der Waals surface area contributed by atoms with Crippen molar-refractivity contribution in [2.45, 2.75) is 19.9 Å². The molecule has 4 rings (SSSR count). The molecule has 2 aromatic heterocycles. The van der Waals surface area contributed by atoms with Crippen LogP contribution in [0.15, 0.2) is 36.7 Å². The molecule has 0 amide bonds. The van der Waals surface area contributed by atoms with Crippen LogP contribution in [0.1, 0.15) is 16.8 Å². The number of anilines is 4. The zero-order valence-corrected chi connectivity index (χ0v) is 15.6. The van der Waals surface area contributed by atoms with E-state index in [1.54, 1.807) is 12.4 Å². The SMILES string of the molecule is Cc1[nH]ncc1Nc1cc(Nc2cccc3c2CN(C)CC3)c(Cl)cn1. The predicted octanol–water partition coefficient (Wildman–Crippen LogP) is 4.24. The number of benzene rings is 1. The lowest BCUT2D eigenvalue weighted by molar-refractivity contribution is 0.313. The maximum atomic E-state index is 6.39. The molecule has 1 aromatic carbocycles. The topological polar surface area (TPSA) is 68.9 Å². The van der Waals surface area contributed by atoms with Gasteiger partial charge in [-0.3, -0.25) is 5.10 Å². The minimum absolute atomic E-state index is 0.584. The van der Waals surface area contributed by atoms with E-state index in [4.69, 9.17) is 11.6 Å². The van der Waals surface area contributed by atoms with Gasteiger partial charge < -0.3 is 15.5 Å². The van der Waals surface area contributed by atoms with E-state index >= 15 is 0 Å². The van der Waals surface area contributed by atoms with Crippen LogP contribution in [-0.2, 0) is 13.0 Å². The number of nitrogens with one attached hydrogen (secondary N) is 3. The molecule has 26 heavy (non-hydrogen) atoms. The van der Waals surface area contributed by atoms with Crippen molar-refractivity contribution in [1.82, 2.24) is 20.1 Å². The van der Waals surface area contributed by atoms with Crippen molar-refractivity contribution in [1.29, 1.82) is 0 Å². The van der Waals surface area contributed by atoms with E-state index in [-0.39, 0.29) is 0 Å². The number of fused-ring (bicyclic) bond motifs is 1. The smallest absolute Gasteiger partial charge is 0.132 e. The molecule has 134 valence electrons. The average molecular weight is 369 g/mol. The molecule has 7 heteroatoms. The predicted molar refractivity (Wildman–Crippen MR) is 106 cm³/mol. The Balaban J connectivity index is 1.63. The molecule has 0 saturated carbocycles. The van der Waals surface area contributed by atoms with Gasteiger partial charge in [0.2, 0.25) is 0 Å². The average Bonchev–Trinajstić information content (AvgIpc) is 3.03. The molecule has 3 heterocycles. The lowest BCUT2D eigenvalue weighted by Crippen LogP contribution is -2.27. The molecular formula is C19H21ClN6. The normalized spacial score (nSPS) is 14.1. The Bertz CT molecular complexity index is 936. The van der Waals surface area contributed by atoms with Crippen molar-refractivity contribution < 1.29 is 0 Å². The van der Waals surface area contributed by atoms with Gasteiger partial charge in [-0.1, -0.05) is 23.7 Å². The summed E-state index contributed by atoms with van der Waals surface area (Å²) < 4.78 is 0.